The number of H-pyrrole nitrogens is 1. The van der Waals surface area contributed by atoms with Gasteiger partial charge in [-0.05, 0) is 67.2 Å². The van der Waals surface area contributed by atoms with Gasteiger partial charge in [-0.3, -0.25) is 29.0 Å². The average molecular weight is 1560 g/mol. The number of carboxylic acid groups (broad SMARTS) is 1. The number of ether oxygens (including phenoxy) is 13. The first-order valence-electron chi connectivity index (χ1n) is 41.6. The van der Waals surface area contributed by atoms with Crippen molar-refractivity contribution in [3.05, 3.63) is 52.1 Å². The fraction of sp³-hybridized carbons (Fsp3) is 0.805. The summed E-state index contributed by atoms with van der Waals surface area (Å²) in [5.74, 6) is 0.538. The highest BCUT2D eigenvalue weighted by Gasteiger charge is 2.24. The van der Waals surface area contributed by atoms with E-state index in [1.807, 2.05) is 0 Å². The molecule has 2 unspecified atom stereocenters. The van der Waals surface area contributed by atoms with Gasteiger partial charge in [0, 0.05) is 44.0 Å². The molecule has 0 fully saturated rings. The number of nitrogen functional groups attached to an aromatic ring is 1. The van der Waals surface area contributed by atoms with E-state index < -0.39 is 35.5 Å². The molecule has 3 amide bonds. The molecule has 0 saturated carbocycles. The van der Waals surface area contributed by atoms with Gasteiger partial charge in [-0.15, -0.1) is 0 Å². The summed E-state index contributed by atoms with van der Waals surface area (Å²) in [6, 6.07) is 5.31. The van der Waals surface area contributed by atoms with Crippen LogP contribution in [0.3, 0.4) is 0 Å². The monoisotopic (exact) mass is 1560 g/mol. The zero-order valence-corrected chi connectivity index (χ0v) is 68.2. The van der Waals surface area contributed by atoms with Crippen molar-refractivity contribution in [3.8, 4) is 0 Å². The number of carbonyl (C=O) groups is 4. The number of aromatic nitrogens is 4. The van der Waals surface area contributed by atoms with Crippen LogP contribution >= 0.6 is 0 Å². The van der Waals surface area contributed by atoms with Crippen LogP contribution in [0.4, 0.5) is 11.6 Å². The predicted molar refractivity (Wildman–Crippen MR) is 429 cm³/mol. The molecule has 632 valence electrons. The number of nitrogens with one attached hydrogen (secondary N) is 5. The number of aromatic amines is 1. The van der Waals surface area contributed by atoms with E-state index in [4.69, 9.17) is 67.3 Å². The molecule has 5 atom stereocenters. The Labute approximate surface area is 657 Å². The molecular weight excluding hydrogens is 1410 g/mol. The van der Waals surface area contributed by atoms with Crippen LogP contribution in [-0.2, 0) is 82.5 Å². The van der Waals surface area contributed by atoms with E-state index in [1.165, 1.54) is 141 Å². The van der Waals surface area contributed by atoms with Gasteiger partial charge in [0.05, 0.1) is 170 Å². The summed E-state index contributed by atoms with van der Waals surface area (Å²) >= 11 is 0. The number of fused-ring (bicyclic) bond motifs is 1. The van der Waals surface area contributed by atoms with Crippen LogP contribution < -0.4 is 32.6 Å². The smallest absolute Gasteiger partial charge is 0.303 e. The minimum absolute atomic E-state index is 0.0513. The molecule has 8 N–H and O–H groups in total. The van der Waals surface area contributed by atoms with Crippen LogP contribution in [0.1, 0.15) is 225 Å². The Morgan fingerprint density at radius 2 is 0.873 bits per heavy atom. The highest BCUT2D eigenvalue weighted by Crippen LogP contribution is 2.24. The Balaban J connectivity index is 1.07. The second-order valence-corrected chi connectivity index (χ2v) is 29.0. The summed E-state index contributed by atoms with van der Waals surface area (Å²) in [6.07, 6.45) is 31.5. The molecule has 0 saturated heterocycles. The van der Waals surface area contributed by atoms with Crippen molar-refractivity contribution in [2.45, 2.75) is 227 Å². The molecule has 0 spiro atoms. The Hall–Kier alpha value is -5.60. The SMILES string of the molecule is CCCCCCCCCCCCCCCCOC[C@H](OCCC(C)CCC[C@H](C)CCC[C@H](C)CCCC(C)C)C(=O)NCCOCCOCCOCCOCCOCCOCCOCCOCCOCCOCCOCCNC(=O)C(CCC(=O)O)NC(=O)c1ccc(NCc2cnc3nc(N)[nH]c(=O)c3n2)cc1. The molecule has 0 aliphatic rings. The third kappa shape index (κ3) is 55.8. The first kappa shape index (κ1) is 98.6. The first-order chi connectivity index (χ1) is 53.6. The van der Waals surface area contributed by atoms with E-state index >= 15 is 0 Å². The topological polar surface area (TPSA) is 354 Å². The van der Waals surface area contributed by atoms with E-state index in [2.05, 4.69) is 82.7 Å². The summed E-state index contributed by atoms with van der Waals surface area (Å²) in [5, 5.41) is 20.7. The van der Waals surface area contributed by atoms with Crippen molar-refractivity contribution in [1.29, 1.82) is 0 Å². The molecule has 0 radical (unpaired) electrons. The summed E-state index contributed by atoms with van der Waals surface area (Å²) in [4.78, 5) is 77.7. The molecule has 2 heterocycles. The number of benzene rings is 1. The Bertz CT molecular complexity index is 2780. The quantitative estimate of drug-likeness (QED) is 0.0258. The van der Waals surface area contributed by atoms with Crippen molar-refractivity contribution in [1.82, 2.24) is 35.9 Å². The second-order valence-electron chi connectivity index (χ2n) is 29.0. The van der Waals surface area contributed by atoms with Crippen molar-refractivity contribution in [3.63, 3.8) is 0 Å². The number of carbonyl (C=O) groups excluding carboxylic acids is 3. The summed E-state index contributed by atoms with van der Waals surface area (Å²) in [5.41, 5.74) is 6.60. The molecule has 0 bridgehead atoms. The lowest BCUT2D eigenvalue weighted by Gasteiger charge is -2.20. The van der Waals surface area contributed by atoms with E-state index in [0.717, 1.165) is 37.0 Å². The maximum Gasteiger partial charge on any atom is 0.303 e. The predicted octanol–water partition coefficient (Wildman–Crippen LogP) is 11.6. The van der Waals surface area contributed by atoms with Gasteiger partial charge >= 0.3 is 5.97 Å². The van der Waals surface area contributed by atoms with Gasteiger partial charge < -0.3 is 93.7 Å². The minimum atomic E-state index is -1.11. The zero-order chi connectivity index (χ0) is 79.4. The van der Waals surface area contributed by atoms with Crippen LogP contribution in [0, 0.1) is 23.7 Å². The lowest BCUT2D eigenvalue weighted by molar-refractivity contribution is -0.138. The molecule has 28 heteroatoms. The maximum absolute atomic E-state index is 13.4. The van der Waals surface area contributed by atoms with Crippen LogP contribution in [0.5, 0.6) is 0 Å². The Morgan fingerprint density at radius 1 is 0.464 bits per heavy atom. The van der Waals surface area contributed by atoms with Crippen molar-refractivity contribution in [2.75, 3.05) is 189 Å². The number of aliphatic carboxylic acids is 1. The number of hydrogen-bond donors (Lipinski definition) is 7. The molecule has 28 nitrogen and oxygen atoms in total. The number of amides is 3. The van der Waals surface area contributed by atoms with Gasteiger partial charge in [0.2, 0.25) is 11.9 Å². The molecule has 110 heavy (non-hydrogen) atoms. The van der Waals surface area contributed by atoms with Crippen molar-refractivity contribution < 1.29 is 85.9 Å². The highest BCUT2D eigenvalue weighted by atomic mass is 16.6. The van der Waals surface area contributed by atoms with Gasteiger partial charge in [0.25, 0.3) is 17.4 Å². The second kappa shape index (κ2) is 68.9. The lowest BCUT2D eigenvalue weighted by atomic mass is 9.91. The number of nitrogens with zero attached hydrogens (tertiary/aromatic N) is 3. The van der Waals surface area contributed by atoms with Crippen LogP contribution in [0.25, 0.3) is 11.2 Å². The third-order valence-electron chi connectivity index (χ3n) is 18.6. The molecule has 3 aromatic rings. The van der Waals surface area contributed by atoms with Crippen LogP contribution in [0.15, 0.2) is 35.3 Å². The highest BCUT2D eigenvalue weighted by molar-refractivity contribution is 5.98. The van der Waals surface area contributed by atoms with E-state index in [-0.39, 0.29) is 74.3 Å². The van der Waals surface area contributed by atoms with E-state index in [9.17, 15) is 29.1 Å². The summed E-state index contributed by atoms with van der Waals surface area (Å²) in [7, 11) is 0. The standard InChI is InChI=1S/C82H145N9O19/c1-7-8-9-10-11-12-13-14-15-16-17-18-19-20-39-109-65-74(110-40-36-69(6)29-23-28-68(5)27-22-26-67(4)25-21-24-66(2)3)80(96)85-38-42-99-44-46-101-48-50-103-52-54-105-56-58-107-60-62-108-61-59-106-57-55-104-53-51-102-49-47-100-45-43-98-41-37-84-79(95)73(34-35-75(92)93)89-78(94)70-30-32-71(33-31-70)86-63-72-64-87-77-76(88-72)81(97)91-82(83)90-77/h30-33,64,66-69,73-74,86H,7-29,34-63,65H2,1-6H3,(H,84,95)(H,85,96)(H,89,94)(H,92,93)(H3,83,87,90,91,97)/t67-,68-,69?,73?,74+/m1/s1. The Morgan fingerprint density at radius 3 is 1.31 bits per heavy atom. The number of carboxylic acids is 1. The molecular formula is C82H145N9O19. The first-order valence-corrected chi connectivity index (χ1v) is 41.6. The number of rotatable bonds is 79. The normalized spacial score (nSPS) is 13.0. The number of hydrogen-bond acceptors (Lipinski definition) is 23. The molecule has 1 aromatic carbocycles. The van der Waals surface area contributed by atoms with Crippen LogP contribution in [0.2, 0.25) is 0 Å². The van der Waals surface area contributed by atoms with E-state index in [0.29, 0.717) is 169 Å². The third-order valence-corrected chi connectivity index (χ3v) is 18.6. The minimum Gasteiger partial charge on any atom is -0.481 e. The van der Waals surface area contributed by atoms with Gasteiger partial charge in [-0.2, -0.15) is 4.98 Å². The van der Waals surface area contributed by atoms with Gasteiger partial charge in [-0.1, -0.05) is 183 Å². The van der Waals surface area contributed by atoms with Crippen LogP contribution in [-0.4, -0.2) is 239 Å². The van der Waals surface area contributed by atoms with E-state index in [1.54, 1.807) is 24.3 Å². The Kier molecular flexibility index (Phi) is 61.8. The molecule has 2 aromatic heterocycles. The number of unbranched alkanes of at least 4 members (excludes halogenated alkanes) is 13. The molecule has 0 aliphatic carbocycles. The average Bonchev–Trinajstić information content (AvgIpc) is 0.814. The fourth-order valence-corrected chi connectivity index (χ4v) is 11.9. The largest absolute Gasteiger partial charge is 0.481 e. The van der Waals surface area contributed by atoms with Gasteiger partial charge in [-0.25, -0.2) is 9.97 Å². The zero-order valence-electron chi connectivity index (χ0n) is 68.2. The van der Waals surface area contributed by atoms with Gasteiger partial charge in [0.1, 0.15) is 6.04 Å². The van der Waals surface area contributed by atoms with Crippen molar-refractivity contribution >= 4 is 46.5 Å². The summed E-state index contributed by atoms with van der Waals surface area (Å²) in [6.45, 7) is 25.1. The molecule has 3 rings (SSSR count). The van der Waals surface area contributed by atoms with Gasteiger partial charge in [0.15, 0.2) is 17.3 Å². The lowest BCUT2D eigenvalue weighted by Crippen LogP contribution is -2.47. The molecule has 0 aliphatic heterocycles. The number of anilines is 2. The van der Waals surface area contributed by atoms with Crippen molar-refractivity contribution in [2.24, 2.45) is 23.7 Å². The number of nitrogens with two attached hydrogens (primary N) is 1. The maximum atomic E-state index is 13.4. The summed E-state index contributed by atoms with van der Waals surface area (Å²) < 4.78 is 73.8. The fourth-order valence-electron chi connectivity index (χ4n) is 11.9.